The number of amides is 2. The van der Waals surface area contributed by atoms with Crippen molar-refractivity contribution in [1.29, 1.82) is 0 Å². The number of hydrogen-bond acceptors (Lipinski definition) is 5. The Morgan fingerprint density at radius 2 is 1.81 bits per heavy atom. The van der Waals surface area contributed by atoms with Crippen molar-refractivity contribution in [3.8, 4) is 0 Å². The summed E-state index contributed by atoms with van der Waals surface area (Å²) in [6, 6.07) is 16.5. The van der Waals surface area contributed by atoms with Crippen molar-refractivity contribution in [3.63, 3.8) is 0 Å². The summed E-state index contributed by atoms with van der Waals surface area (Å²) in [6.45, 7) is 0. The summed E-state index contributed by atoms with van der Waals surface area (Å²) in [5, 5.41) is 6.10. The van der Waals surface area contributed by atoms with Crippen LogP contribution in [0.15, 0.2) is 54.6 Å². The molecule has 26 heavy (non-hydrogen) atoms. The SMILES string of the molecule is O=C(CSC1NNC(Cc2ccccc2)C(=O)N1)Nc1ccccc1Cl. The molecule has 0 aliphatic carbocycles. The van der Waals surface area contributed by atoms with Crippen molar-refractivity contribution in [2.75, 3.05) is 11.1 Å². The highest BCUT2D eigenvalue weighted by molar-refractivity contribution is 8.00. The number of carbonyl (C=O) groups is 2. The Bertz CT molecular complexity index is 775. The minimum atomic E-state index is -0.383. The summed E-state index contributed by atoms with van der Waals surface area (Å²) in [5.41, 5.74) is 7.30. The largest absolute Gasteiger partial charge is 0.329 e. The van der Waals surface area contributed by atoms with Crippen LogP contribution >= 0.6 is 23.4 Å². The third-order valence-corrected chi connectivity index (χ3v) is 5.12. The lowest BCUT2D eigenvalue weighted by Gasteiger charge is -2.31. The maximum Gasteiger partial charge on any atom is 0.240 e. The van der Waals surface area contributed by atoms with Gasteiger partial charge in [-0.1, -0.05) is 54.1 Å². The van der Waals surface area contributed by atoms with Gasteiger partial charge >= 0.3 is 0 Å². The van der Waals surface area contributed by atoms with Gasteiger partial charge in [0.25, 0.3) is 0 Å². The molecule has 0 spiro atoms. The first-order valence-electron chi connectivity index (χ1n) is 8.13. The molecule has 1 fully saturated rings. The third-order valence-electron chi connectivity index (χ3n) is 3.79. The van der Waals surface area contributed by atoms with E-state index in [9.17, 15) is 9.59 Å². The van der Waals surface area contributed by atoms with E-state index in [1.165, 1.54) is 11.8 Å². The maximum absolute atomic E-state index is 12.2. The lowest BCUT2D eigenvalue weighted by molar-refractivity contribution is -0.125. The zero-order valence-electron chi connectivity index (χ0n) is 13.9. The molecule has 0 saturated carbocycles. The van der Waals surface area contributed by atoms with Gasteiger partial charge in [-0.2, -0.15) is 0 Å². The highest BCUT2D eigenvalue weighted by Crippen LogP contribution is 2.21. The molecule has 3 rings (SSSR count). The Balaban J connectivity index is 1.44. The summed E-state index contributed by atoms with van der Waals surface area (Å²) in [5.74, 6) is -0.115. The average molecular weight is 391 g/mol. The zero-order chi connectivity index (χ0) is 18.4. The van der Waals surface area contributed by atoms with Crippen molar-refractivity contribution in [1.82, 2.24) is 16.2 Å². The first-order valence-corrected chi connectivity index (χ1v) is 9.56. The van der Waals surface area contributed by atoms with Gasteiger partial charge in [0.15, 0.2) is 0 Å². The van der Waals surface area contributed by atoms with Crippen LogP contribution in [0.1, 0.15) is 5.56 Å². The molecule has 2 unspecified atom stereocenters. The number of halogens is 1. The lowest BCUT2D eigenvalue weighted by atomic mass is 10.1. The number of thioether (sulfide) groups is 1. The van der Waals surface area contributed by atoms with Crippen LogP contribution in [0, 0.1) is 0 Å². The first kappa shape index (κ1) is 18.7. The van der Waals surface area contributed by atoms with Gasteiger partial charge in [-0.05, 0) is 24.1 Å². The van der Waals surface area contributed by atoms with E-state index in [-0.39, 0.29) is 29.1 Å². The monoisotopic (exact) mass is 390 g/mol. The standard InChI is InChI=1S/C18H19ClN4O2S/c19-13-8-4-5-9-14(13)20-16(24)11-26-18-21-17(25)15(22-23-18)10-12-6-2-1-3-7-12/h1-9,15,18,22-23H,10-11H2,(H,20,24)(H,21,25). The Labute approximate surface area is 161 Å². The van der Waals surface area contributed by atoms with Crippen molar-refractivity contribution in [3.05, 3.63) is 65.2 Å². The van der Waals surface area contributed by atoms with Crippen LogP contribution in [0.4, 0.5) is 5.69 Å². The number of para-hydroxylation sites is 1. The van der Waals surface area contributed by atoms with E-state index >= 15 is 0 Å². The molecule has 136 valence electrons. The highest BCUT2D eigenvalue weighted by Gasteiger charge is 2.27. The summed E-state index contributed by atoms with van der Waals surface area (Å²) < 4.78 is 0. The van der Waals surface area contributed by atoms with Gasteiger partial charge in [-0.15, -0.1) is 11.8 Å². The second-order valence-corrected chi connectivity index (χ2v) is 7.26. The molecule has 2 aromatic rings. The van der Waals surface area contributed by atoms with E-state index in [1.54, 1.807) is 24.3 Å². The second kappa shape index (κ2) is 9.05. The van der Waals surface area contributed by atoms with Crippen LogP contribution < -0.4 is 21.5 Å². The minimum Gasteiger partial charge on any atom is -0.329 e. The molecule has 0 aromatic heterocycles. The Morgan fingerprint density at radius 1 is 1.08 bits per heavy atom. The molecule has 1 heterocycles. The molecule has 8 heteroatoms. The van der Waals surface area contributed by atoms with E-state index in [1.807, 2.05) is 30.3 Å². The normalized spacial score (nSPS) is 19.7. The van der Waals surface area contributed by atoms with E-state index in [0.29, 0.717) is 17.1 Å². The molecule has 2 aromatic carbocycles. The van der Waals surface area contributed by atoms with Gasteiger partial charge in [0.2, 0.25) is 11.8 Å². The fraction of sp³-hybridized carbons (Fsp3) is 0.222. The number of carbonyl (C=O) groups excluding carboxylic acids is 2. The Hall–Kier alpha value is -2.06. The van der Waals surface area contributed by atoms with Gasteiger partial charge < -0.3 is 10.6 Å². The molecule has 2 amide bonds. The molecule has 1 aliphatic heterocycles. The van der Waals surface area contributed by atoms with E-state index in [4.69, 9.17) is 11.6 Å². The van der Waals surface area contributed by atoms with Crippen LogP contribution in [-0.2, 0) is 16.0 Å². The summed E-state index contributed by atoms with van der Waals surface area (Å²) in [7, 11) is 0. The van der Waals surface area contributed by atoms with Gasteiger partial charge in [-0.25, -0.2) is 10.9 Å². The van der Waals surface area contributed by atoms with Crippen LogP contribution in [0.2, 0.25) is 5.02 Å². The molecule has 6 nitrogen and oxygen atoms in total. The second-order valence-electron chi connectivity index (χ2n) is 5.76. The van der Waals surface area contributed by atoms with Gasteiger partial charge in [0, 0.05) is 0 Å². The number of hydrazine groups is 1. The Kier molecular flexibility index (Phi) is 6.51. The number of benzene rings is 2. The number of rotatable bonds is 6. The van der Waals surface area contributed by atoms with Crippen molar-refractivity contribution in [2.45, 2.75) is 18.0 Å². The van der Waals surface area contributed by atoms with Gasteiger partial charge in [-0.3, -0.25) is 9.59 Å². The number of nitrogens with one attached hydrogen (secondary N) is 4. The molecular formula is C18H19ClN4O2S. The van der Waals surface area contributed by atoms with Crippen LogP contribution in [0.5, 0.6) is 0 Å². The van der Waals surface area contributed by atoms with Gasteiger partial charge in [0.1, 0.15) is 11.5 Å². The zero-order valence-corrected chi connectivity index (χ0v) is 15.4. The molecular weight excluding hydrogens is 372 g/mol. The molecule has 4 N–H and O–H groups in total. The maximum atomic E-state index is 12.2. The molecule has 1 saturated heterocycles. The van der Waals surface area contributed by atoms with Crippen molar-refractivity contribution < 1.29 is 9.59 Å². The number of anilines is 1. The smallest absolute Gasteiger partial charge is 0.240 e. The summed E-state index contributed by atoms with van der Waals surface area (Å²) in [6.07, 6.45) is 0.587. The fourth-order valence-electron chi connectivity index (χ4n) is 2.49. The summed E-state index contributed by atoms with van der Waals surface area (Å²) >= 11 is 7.30. The van der Waals surface area contributed by atoms with Gasteiger partial charge in [0.05, 0.1) is 16.5 Å². The van der Waals surface area contributed by atoms with Crippen LogP contribution in [0.25, 0.3) is 0 Å². The third kappa shape index (κ3) is 5.22. The van der Waals surface area contributed by atoms with E-state index in [2.05, 4.69) is 21.5 Å². The predicted octanol–water partition coefficient (Wildman–Crippen LogP) is 2.13. The van der Waals surface area contributed by atoms with Crippen molar-refractivity contribution >= 4 is 40.9 Å². The topological polar surface area (TPSA) is 82.3 Å². The Morgan fingerprint density at radius 3 is 2.54 bits per heavy atom. The van der Waals surface area contributed by atoms with E-state index < -0.39 is 0 Å². The molecule has 0 radical (unpaired) electrons. The lowest BCUT2D eigenvalue weighted by Crippen LogP contribution is -2.64. The van der Waals surface area contributed by atoms with Crippen molar-refractivity contribution in [2.24, 2.45) is 0 Å². The predicted molar refractivity (Wildman–Crippen MR) is 105 cm³/mol. The highest BCUT2D eigenvalue weighted by atomic mass is 35.5. The quantitative estimate of drug-likeness (QED) is 0.607. The number of hydrogen-bond donors (Lipinski definition) is 4. The van der Waals surface area contributed by atoms with Crippen LogP contribution in [0.3, 0.4) is 0 Å². The molecule has 0 bridgehead atoms. The average Bonchev–Trinajstić information content (AvgIpc) is 2.65. The van der Waals surface area contributed by atoms with E-state index in [0.717, 1.165) is 5.56 Å². The summed E-state index contributed by atoms with van der Waals surface area (Å²) in [4.78, 5) is 24.3. The molecule has 2 atom stereocenters. The van der Waals surface area contributed by atoms with Crippen LogP contribution in [-0.4, -0.2) is 29.1 Å². The first-order chi connectivity index (χ1) is 12.6. The fourth-order valence-corrected chi connectivity index (χ4v) is 3.42. The minimum absolute atomic E-state index is 0.100. The molecule has 1 aliphatic rings.